The van der Waals surface area contributed by atoms with Gasteiger partial charge in [-0.3, -0.25) is 0 Å². The molecule has 4 aromatic carbocycles. The summed E-state index contributed by atoms with van der Waals surface area (Å²) in [6.07, 6.45) is 1.91. The van der Waals surface area contributed by atoms with E-state index in [1.165, 1.54) is 15.2 Å². The quantitative estimate of drug-likeness (QED) is 0.0511. The van der Waals surface area contributed by atoms with E-state index < -0.39 is 56.0 Å². The van der Waals surface area contributed by atoms with Crippen molar-refractivity contribution < 1.29 is 35.5 Å². The van der Waals surface area contributed by atoms with E-state index in [4.69, 9.17) is 24.7 Å². The molecule has 0 bridgehead atoms. The maximum atomic E-state index is 16.1. The molecule has 5 aromatic rings. The van der Waals surface area contributed by atoms with E-state index in [1.807, 2.05) is 109 Å². The lowest BCUT2D eigenvalue weighted by Gasteiger charge is -2.39. The number of aromatic nitrogens is 4. The van der Waals surface area contributed by atoms with Gasteiger partial charge in [0.1, 0.15) is 21.1 Å². The highest BCUT2D eigenvalue weighted by Gasteiger charge is 2.41. The zero-order valence-electron chi connectivity index (χ0n) is 41.8. The minimum absolute atomic E-state index is 0.0235. The van der Waals surface area contributed by atoms with Crippen molar-refractivity contribution in [3.05, 3.63) is 125 Å². The second kappa shape index (κ2) is 22.7. The smallest absolute Gasteiger partial charge is 0.407 e. The van der Waals surface area contributed by atoms with Crippen LogP contribution in [0.3, 0.4) is 0 Å². The van der Waals surface area contributed by atoms with Crippen LogP contribution < -0.4 is 25.4 Å². The number of methoxy groups -OCH3 is 1. The monoisotopic (exact) mass is 1020 g/mol. The first-order valence-corrected chi connectivity index (χ1v) is 29.3. The first-order chi connectivity index (χ1) is 33.0. The van der Waals surface area contributed by atoms with Crippen LogP contribution in [0.1, 0.15) is 71.1 Å². The largest absolute Gasteiger partial charge is 0.497 e. The number of amides is 1. The molecular formula is C50H69N9O8S2Si. The Balaban J connectivity index is 1.56. The number of ether oxygens (including phenoxy) is 2. The van der Waals surface area contributed by atoms with E-state index >= 15 is 16.8 Å². The highest BCUT2D eigenvalue weighted by atomic mass is 32.2. The zero-order valence-corrected chi connectivity index (χ0v) is 44.4. The molecule has 70 heavy (non-hydrogen) atoms. The molecular weight excluding hydrogens is 947 g/mol. The topological polar surface area (TPSA) is 213 Å². The molecule has 1 aromatic heterocycles. The third-order valence-corrected chi connectivity index (χ3v) is 20.3. The van der Waals surface area contributed by atoms with Gasteiger partial charge in [0.25, 0.3) is 0 Å². The second-order valence-electron chi connectivity index (χ2n) is 19.9. The van der Waals surface area contributed by atoms with E-state index in [0.717, 1.165) is 24.0 Å². The maximum Gasteiger partial charge on any atom is 0.407 e. The molecule has 0 unspecified atom stereocenters. The van der Waals surface area contributed by atoms with Gasteiger partial charge in [-0.1, -0.05) is 105 Å². The van der Waals surface area contributed by atoms with Crippen LogP contribution in [0.4, 0.5) is 10.5 Å². The molecule has 0 aliphatic carbocycles. The van der Waals surface area contributed by atoms with Gasteiger partial charge in [-0.2, -0.15) is 9.10 Å². The summed E-state index contributed by atoms with van der Waals surface area (Å²) in [6, 6.07) is 28.6. The van der Waals surface area contributed by atoms with Crippen LogP contribution in [0.5, 0.6) is 5.75 Å². The van der Waals surface area contributed by atoms with E-state index in [0.29, 0.717) is 42.2 Å². The first kappa shape index (κ1) is 53.9. The summed E-state index contributed by atoms with van der Waals surface area (Å²) in [6.45, 7) is 16.2. The number of hydrogen-bond acceptors (Lipinski definition) is 13. The molecule has 17 nitrogen and oxygen atoms in total. The Morgan fingerprint density at radius 1 is 0.871 bits per heavy atom. The standard InChI is InChI=1S/C50H69N9O8S2Si/c1-49(2,3)66-48(60)52-31-42(67-70(8,9)50(4,5)6)32-53-68(61,62)44-27-26-43(57-30-16-21-39(33-57)28-29-51)45(47-54-56-59(55-47)36-40-22-24-41(65-7)25-23-40)46(44)69(63,64)58(34-37-17-12-10-13-18-37)35-38-19-14-11-15-20-38/h10-15,17-20,22-28,42,53H,16,21,29-36,51H2,1-9H3,(H,52,60)/t42-/m1/s1. The van der Waals surface area contributed by atoms with E-state index in [9.17, 15) is 4.79 Å². The number of benzene rings is 4. The van der Waals surface area contributed by atoms with Crippen molar-refractivity contribution in [1.29, 1.82) is 0 Å². The van der Waals surface area contributed by atoms with Gasteiger partial charge in [0.2, 0.25) is 25.9 Å². The van der Waals surface area contributed by atoms with Gasteiger partial charge in [0, 0.05) is 51.5 Å². The SMILES string of the molecule is COc1ccc(Cn2nnc(-c3c(N4CCCC(=CCN)C4)ccc(S(=O)(=O)NC[C@@H](CNC(=O)OC(C)(C)C)O[Si](C)(C)C(C)(C)C)c3S(=O)(=O)N(Cc3ccccc3)Cc3ccccc3)n2)cc1. The summed E-state index contributed by atoms with van der Waals surface area (Å²) in [5.74, 6) is 0.577. The van der Waals surface area contributed by atoms with Crippen LogP contribution in [0.2, 0.25) is 18.1 Å². The molecule has 0 radical (unpaired) electrons. The molecule has 20 heteroatoms. The third-order valence-electron chi connectivity index (χ3n) is 12.3. The van der Waals surface area contributed by atoms with Crippen molar-refractivity contribution in [2.45, 2.75) is 114 Å². The van der Waals surface area contributed by atoms with E-state index in [2.05, 4.69) is 41.1 Å². The van der Waals surface area contributed by atoms with Crippen molar-refractivity contribution in [1.82, 2.24) is 34.6 Å². The number of alkyl carbamates (subject to hydrolysis) is 1. The number of carbonyl (C=O) groups is 1. The molecule has 378 valence electrons. The van der Waals surface area contributed by atoms with Crippen molar-refractivity contribution in [2.24, 2.45) is 5.73 Å². The van der Waals surface area contributed by atoms with Gasteiger partial charge in [-0.25, -0.2) is 26.4 Å². The average molecular weight is 1020 g/mol. The molecule has 1 aliphatic heterocycles. The molecule has 0 saturated carbocycles. The van der Waals surface area contributed by atoms with Gasteiger partial charge in [-0.05, 0) is 97.9 Å². The minimum atomic E-state index is -4.83. The van der Waals surface area contributed by atoms with Gasteiger partial charge >= 0.3 is 6.09 Å². The summed E-state index contributed by atoms with van der Waals surface area (Å²) in [4.78, 5) is 15.2. The molecule has 1 saturated heterocycles. The number of carbonyl (C=O) groups excluding carboxylic acids is 1. The van der Waals surface area contributed by atoms with Gasteiger partial charge in [0.15, 0.2) is 8.32 Å². The molecule has 6 rings (SSSR count). The Labute approximate surface area is 415 Å². The van der Waals surface area contributed by atoms with E-state index in [-0.39, 0.29) is 49.1 Å². The van der Waals surface area contributed by atoms with Crippen LogP contribution in [0.15, 0.2) is 119 Å². The summed E-state index contributed by atoms with van der Waals surface area (Å²) in [5, 5.41) is 16.1. The van der Waals surface area contributed by atoms with Crippen molar-refractivity contribution in [3.8, 4) is 17.1 Å². The highest BCUT2D eigenvalue weighted by molar-refractivity contribution is 7.92. The number of nitrogens with two attached hydrogens (primary N) is 1. The maximum absolute atomic E-state index is 16.1. The van der Waals surface area contributed by atoms with Gasteiger partial charge in [0.05, 0.1) is 25.3 Å². The van der Waals surface area contributed by atoms with Crippen molar-refractivity contribution in [2.75, 3.05) is 44.7 Å². The molecule has 2 heterocycles. The highest BCUT2D eigenvalue weighted by Crippen LogP contribution is 2.42. The second-order valence-corrected chi connectivity index (χ2v) is 28.2. The lowest BCUT2D eigenvalue weighted by Crippen LogP contribution is -2.51. The number of nitrogens with one attached hydrogen (secondary N) is 2. The minimum Gasteiger partial charge on any atom is -0.497 e. The average Bonchev–Trinajstić information content (AvgIpc) is 3.77. The van der Waals surface area contributed by atoms with Crippen LogP contribution in [0.25, 0.3) is 11.4 Å². The number of tetrazole rings is 1. The number of anilines is 1. The number of piperidine rings is 1. The lowest BCUT2D eigenvalue weighted by atomic mass is 10.0. The Morgan fingerprint density at radius 2 is 1.50 bits per heavy atom. The Hall–Kier alpha value is -5.48. The molecule has 1 fully saturated rings. The molecule has 1 amide bonds. The fraction of sp³-hybridized carbons (Fsp3) is 0.440. The number of rotatable bonds is 20. The molecule has 4 N–H and O–H groups in total. The molecule has 1 aliphatic rings. The van der Waals surface area contributed by atoms with E-state index in [1.54, 1.807) is 33.9 Å². The fourth-order valence-electron chi connectivity index (χ4n) is 7.71. The predicted molar refractivity (Wildman–Crippen MR) is 275 cm³/mol. The normalized spacial score (nSPS) is 15.0. The molecule has 0 spiro atoms. The van der Waals surface area contributed by atoms with Crippen LogP contribution >= 0.6 is 0 Å². The lowest BCUT2D eigenvalue weighted by molar-refractivity contribution is 0.0498. The zero-order chi connectivity index (χ0) is 50.9. The summed E-state index contributed by atoms with van der Waals surface area (Å²) >= 11 is 0. The van der Waals surface area contributed by atoms with Crippen LogP contribution in [-0.2, 0) is 48.8 Å². The fourth-order valence-corrected chi connectivity index (χ4v) is 12.5. The first-order valence-electron chi connectivity index (χ1n) is 23.4. The number of sulfonamides is 2. The Morgan fingerprint density at radius 3 is 2.07 bits per heavy atom. The Kier molecular flexibility index (Phi) is 17.5. The third kappa shape index (κ3) is 14.1. The van der Waals surface area contributed by atoms with Crippen LogP contribution in [-0.4, -0.2) is 107 Å². The summed E-state index contributed by atoms with van der Waals surface area (Å²) < 4.78 is 84.3. The number of hydrogen-bond donors (Lipinski definition) is 3. The van der Waals surface area contributed by atoms with Crippen molar-refractivity contribution >= 4 is 40.1 Å². The van der Waals surface area contributed by atoms with Gasteiger partial charge < -0.3 is 29.9 Å². The van der Waals surface area contributed by atoms with Gasteiger partial charge in [-0.15, -0.1) is 10.2 Å². The number of nitrogens with zero attached hydrogens (tertiary/aromatic N) is 6. The summed E-state index contributed by atoms with van der Waals surface area (Å²) in [7, 11) is -10.6. The van der Waals surface area contributed by atoms with Crippen molar-refractivity contribution in [3.63, 3.8) is 0 Å². The summed E-state index contributed by atoms with van der Waals surface area (Å²) in [5.41, 5.74) is 8.83. The molecule has 1 atom stereocenters. The van der Waals surface area contributed by atoms with Crippen LogP contribution in [0, 0.1) is 0 Å². The predicted octanol–water partition coefficient (Wildman–Crippen LogP) is 7.47. The Bertz CT molecular complexity index is 2760.